The lowest BCUT2D eigenvalue weighted by Crippen LogP contribution is -2.22. The number of carbonyl (C=O) groups is 1. The molecular formula is C12H14N4OS. The fraction of sp³-hybridized carbons (Fsp3) is 0.167. The van der Waals surface area contributed by atoms with E-state index in [1.807, 2.05) is 6.92 Å². The second kappa shape index (κ2) is 5.61. The Balaban J connectivity index is 1.94. The summed E-state index contributed by atoms with van der Waals surface area (Å²) in [6.07, 6.45) is 1.78. The fourth-order valence-electron chi connectivity index (χ4n) is 1.47. The van der Waals surface area contributed by atoms with Crippen molar-refractivity contribution in [1.29, 1.82) is 0 Å². The van der Waals surface area contributed by atoms with E-state index in [0.29, 0.717) is 12.1 Å². The molecule has 0 bridgehead atoms. The lowest BCUT2D eigenvalue weighted by molar-refractivity contribution is 0.0951. The van der Waals surface area contributed by atoms with E-state index in [1.54, 1.807) is 41.8 Å². The Bertz CT molecular complexity index is 535. The van der Waals surface area contributed by atoms with E-state index in [2.05, 4.69) is 15.7 Å². The average Bonchev–Trinajstić information content (AvgIpc) is 2.82. The smallest absolute Gasteiger partial charge is 0.251 e. The standard InChI is InChI=1S/C12H14N4OS/c1-8-14-6-11(18-8)7-15-12(17)9-2-4-10(16-13)5-3-9/h2-6,16H,7,13H2,1H3,(H,15,17). The summed E-state index contributed by atoms with van der Waals surface area (Å²) in [4.78, 5) is 17.0. The highest BCUT2D eigenvalue weighted by Gasteiger charge is 2.06. The van der Waals surface area contributed by atoms with Gasteiger partial charge in [0.2, 0.25) is 0 Å². The van der Waals surface area contributed by atoms with Gasteiger partial charge in [0.15, 0.2) is 0 Å². The van der Waals surface area contributed by atoms with Crippen LogP contribution in [0, 0.1) is 6.92 Å². The Hall–Kier alpha value is -1.92. The van der Waals surface area contributed by atoms with Crippen LogP contribution in [0.2, 0.25) is 0 Å². The number of hydrogen-bond acceptors (Lipinski definition) is 5. The number of hydrazine groups is 1. The number of aromatic nitrogens is 1. The number of aryl methyl sites for hydroxylation is 1. The number of nitrogens with two attached hydrogens (primary N) is 1. The summed E-state index contributed by atoms with van der Waals surface area (Å²) in [6.45, 7) is 2.44. The molecule has 0 spiro atoms. The average molecular weight is 262 g/mol. The molecule has 0 atom stereocenters. The zero-order valence-corrected chi connectivity index (χ0v) is 10.8. The van der Waals surface area contributed by atoms with E-state index in [0.717, 1.165) is 15.6 Å². The van der Waals surface area contributed by atoms with Gasteiger partial charge >= 0.3 is 0 Å². The van der Waals surface area contributed by atoms with Crippen LogP contribution in [0.25, 0.3) is 0 Å². The number of amides is 1. The highest BCUT2D eigenvalue weighted by molar-refractivity contribution is 7.11. The third-order valence-electron chi connectivity index (χ3n) is 2.41. The minimum Gasteiger partial charge on any atom is -0.347 e. The predicted octanol–water partition coefficient (Wildman–Crippen LogP) is 1.67. The molecule has 0 unspecified atom stereocenters. The molecule has 1 aromatic carbocycles. The van der Waals surface area contributed by atoms with Crippen LogP contribution in [0.5, 0.6) is 0 Å². The Morgan fingerprint density at radius 3 is 2.67 bits per heavy atom. The van der Waals surface area contributed by atoms with Crippen molar-refractivity contribution in [3.63, 3.8) is 0 Å². The number of nitrogens with zero attached hydrogens (tertiary/aromatic N) is 1. The number of rotatable bonds is 4. The van der Waals surface area contributed by atoms with Crippen LogP contribution in [0.4, 0.5) is 5.69 Å². The molecule has 4 N–H and O–H groups in total. The van der Waals surface area contributed by atoms with Crippen molar-refractivity contribution in [2.24, 2.45) is 5.84 Å². The van der Waals surface area contributed by atoms with Gasteiger partial charge in [-0.25, -0.2) is 4.98 Å². The molecular weight excluding hydrogens is 248 g/mol. The maximum absolute atomic E-state index is 11.8. The Kier molecular flexibility index (Phi) is 3.91. The molecule has 1 amide bonds. The number of benzene rings is 1. The normalized spacial score (nSPS) is 10.1. The first kappa shape index (κ1) is 12.5. The third kappa shape index (κ3) is 3.06. The number of carbonyl (C=O) groups excluding carboxylic acids is 1. The summed E-state index contributed by atoms with van der Waals surface area (Å²) in [5.41, 5.74) is 3.89. The van der Waals surface area contributed by atoms with Gasteiger partial charge in [-0.15, -0.1) is 11.3 Å². The van der Waals surface area contributed by atoms with Gasteiger partial charge in [-0.3, -0.25) is 10.6 Å². The van der Waals surface area contributed by atoms with Crippen LogP contribution in [0.3, 0.4) is 0 Å². The van der Waals surface area contributed by atoms with E-state index in [4.69, 9.17) is 5.84 Å². The molecule has 0 saturated carbocycles. The monoisotopic (exact) mass is 262 g/mol. The minimum atomic E-state index is -0.107. The summed E-state index contributed by atoms with van der Waals surface area (Å²) in [6, 6.07) is 6.96. The minimum absolute atomic E-state index is 0.107. The van der Waals surface area contributed by atoms with Crippen molar-refractivity contribution in [1.82, 2.24) is 10.3 Å². The first-order valence-electron chi connectivity index (χ1n) is 5.45. The fourth-order valence-corrected chi connectivity index (χ4v) is 2.21. The van der Waals surface area contributed by atoms with Crippen molar-refractivity contribution in [2.75, 3.05) is 5.43 Å². The van der Waals surface area contributed by atoms with Crippen LogP contribution < -0.4 is 16.6 Å². The first-order chi connectivity index (χ1) is 8.69. The second-order valence-electron chi connectivity index (χ2n) is 3.75. The molecule has 94 valence electrons. The molecule has 0 aliphatic rings. The molecule has 0 aliphatic carbocycles. The van der Waals surface area contributed by atoms with Gasteiger partial charge in [-0.05, 0) is 31.2 Å². The summed E-state index contributed by atoms with van der Waals surface area (Å²) in [5.74, 6) is 5.15. The maximum Gasteiger partial charge on any atom is 0.251 e. The van der Waals surface area contributed by atoms with Gasteiger partial charge in [-0.1, -0.05) is 0 Å². The van der Waals surface area contributed by atoms with Gasteiger partial charge in [0.1, 0.15) is 0 Å². The molecule has 6 heteroatoms. The molecule has 5 nitrogen and oxygen atoms in total. The van der Waals surface area contributed by atoms with Crippen molar-refractivity contribution in [3.8, 4) is 0 Å². The van der Waals surface area contributed by atoms with Crippen LogP contribution in [0.1, 0.15) is 20.2 Å². The van der Waals surface area contributed by atoms with Crippen molar-refractivity contribution >= 4 is 22.9 Å². The van der Waals surface area contributed by atoms with Gasteiger partial charge in [0.25, 0.3) is 5.91 Å². The summed E-state index contributed by atoms with van der Waals surface area (Å²) >= 11 is 1.58. The molecule has 0 saturated heterocycles. The number of anilines is 1. The zero-order valence-electron chi connectivity index (χ0n) is 9.93. The zero-order chi connectivity index (χ0) is 13.0. The van der Waals surface area contributed by atoms with E-state index < -0.39 is 0 Å². The highest BCUT2D eigenvalue weighted by Crippen LogP contribution is 2.12. The molecule has 0 fully saturated rings. The van der Waals surface area contributed by atoms with Crippen LogP contribution in [-0.4, -0.2) is 10.9 Å². The predicted molar refractivity (Wildman–Crippen MR) is 72.3 cm³/mol. The van der Waals surface area contributed by atoms with E-state index >= 15 is 0 Å². The molecule has 1 heterocycles. The van der Waals surface area contributed by atoms with Crippen molar-refractivity contribution in [2.45, 2.75) is 13.5 Å². The first-order valence-corrected chi connectivity index (χ1v) is 6.27. The topological polar surface area (TPSA) is 80.0 Å². The van der Waals surface area contributed by atoms with Gasteiger partial charge < -0.3 is 10.7 Å². The highest BCUT2D eigenvalue weighted by atomic mass is 32.1. The van der Waals surface area contributed by atoms with Gasteiger partial charge in [-0.2, -0.15) is 0 Å². The summed E-state index contributed by atoms with van der Waals surface area (Å²) in [5, 5.41) is 3.84. The Labute approximate surface area is 109 Å². The SMILES string of the molecule is Cc1ncc(CNC(=O)c2ccc(NN)cc2)s1. The number of hydrogen-bond donors (Lipinski definition) is 3. The molecule has 1 aromatic heterocycles. The van der Waals surface area contributed by atoms with Crippen molar-refractivity contribution in [3.05, 3.63) is 45.9 Å². The largest absolute Gasteiger partial charge is 0.347 e. The molecule has 0 radical (unpaired) electrons. The van der Waals surface area contributed by atoms with Crippen LogP contribution in [0.15, 0.2) is 30.5 Å². The number of nitrogens with one attached hydrogen (secondary N) is 2. The maximum atomic E-state index is 11.8. The number of nitrogen functional groups attached to an aromatic ring is 1. The molecule has 2 rings (SSSR count). The molecule has 2 aromatic rings. The van der Waals surface area contributed by atoms with E-state index in [1.165, 1.54) is 0 Å². The number of thiazole rings is 1. The Morgan fingerprint density at radius 2 is 2.11 bits per heavy atom. The summed E-state index contributed by atoms with van der Waals surface area (Å²) < 4.78 is 0. The molecule has 0 aliphatic heterocycles. The lowest BCUT2D eigenvalue weighted by atomic mass is 10.2. The van der Waals surface area contributed by atoms with E-state index in [-0.39, 0.29) is 5.91 Å². The lowest BCUT2D eigenvalue weighted by Gasteiger charge is -2.04. The van der Waals surface area contributed by atoms with E-state index in [9.17, 15) is 4.79 Å². The molecule has 18 heavy (non-hydrogen) atoms. The quantitative estimate of drug-likeness (QED) is 0.578. The van der Waals surface area contributed by atoms with Crippen molar-refractivity contribution < 1.29 is 4.79 Å². The summed E-state index contributed by atoms with van der Waals surface area (Å²) in [7, 11) is 0. The van der Waals surface area contributed by atoms with Gasteiger partial charge in [0, 0.05) is 22.3 Å². The van der Waals surface area contributed by atoms with Crippen LogP contribution >= 0.6 is 11.3 Å². The van der Waals surface area contributed by atoms with Gasteiger partial charge in [0.05, 0.1) is 11.6 Å². The second-order valence-corrected chi connectivity index (χ2v) is 5.07. The Morgan fingerprint density at radius 1 is 1.39 bits per heavy atom. The third-order valence-corrected chi connectivity index (χ3v) is 3.32. The van der Waals surface area contributed by atoms with Crippen LogP contribution in [-0.2, 0) is 6.54 Å².